The number of amides is 1. The predicted molar refractivity (Wildman–Crippen MR) is 61.4 cm³/mol. The molecule has 0 unspecified atom stereocenters. The van der Waals surface area contributed by atoms with Gasteiger partial charge in [-0.05, 0) is 6.07 Å². The quantitative estimate of drug-likeness (QED) is 0.832. The molecule has 7 heteroatoms. The van der Waals surface area contributed by atoms with Crippen molar-refractivity contribution in [3.05, 3.63) is 23.4 Å². The van der Waals surface area contributed by atoms with Crippen molar-refractivity contribution in [1.82, 2.24) is 10.3 Å². The molecule has 1 aromatic heterocycles. The summed E-state index contributed by atoms with van der Waals surface area (Å²) >= 11 is 0. The molecule has 0 atom stereocenters. The summed E-state index contributed by atoms with van der Waals surface area (Å²) in [6.07, 6.45) is -3.39. The predicted octanol–water partition coefficient (Wildman–Crippen LogP) is 1.60. The van der Waals surface area contributed by atoms with Crippen LogP contribution in [0.1, 0.15) is 18.1 Å². The average Bonchev–Trinajstić information content (AvgIpc) is 2.33. The molecule has 1 amide bonds. The van der Waals surface area contributed by atoms with Gasteiger partial charge in [-0.1, -0.05) is 11.8 Å². The summed E-state index contributed by atoms with van der Waals surface area (Å²) in [5.74, 6) is 4.23. The van der Waals surface area contributed by atoms with Crippen LogP contribution in [-0.4, -0.2) is 24.5 Å². The van der Waals surface area contributed by atoms with Crippen LogP contribution in [-0.2, 0) is 11.0 Å². The molecule has 102 valence electrons. The van der Waals surface area contributed by atoms with Crippen LogP contribution in [0.25, 0.3) is 0 Å². The number of nitrogens with zero attached hydrogens (tertiary/aromatic N) is 1. The van der Waals surface area contributed by atoms with E-state index in [4.69, 9.17) is 0 Å². The monoisotopic (exact) mass is 272 g/mol. The van der Waals surface area contributed by atoms with Crippen molar-refractivity contribution in [3.8, 4) is 17.7 Å². The molecule has 0 fully saturated rings. The SMILES string of the molecule is COc1ncc(C#CCNC(C)=O)cc1C(F)(F)F. The highest BCUT2D eigenvalue weighted by molar-refractivity contribution is 5.73. The van der Waals surface area contributed by atoms with Gasteiger partial charge < -0.3 is 10.1 Å². The van der Waals surface area contributed by atoms with E-state index in [1.165, 1.54) is 13.1 Å². The van der Waals surface area contributed by atoms with E-state index in [0.29, 0.717) is 0 Å². The topological polar surface area (TPSA) is 51.2 Å². The minimum Gasteiger partial charge on any atom is -0.481 e. The number of carbonyl (C=O) groups excluding carboxylic acids is 1. The van der Waals surface area contributed by atoms with E-state index in [9.17, 15) is 18.0 Å². The first kappa shape index (κ1) is 14.8. The lowest BCUT2D eigenvalue weighted by Gasteiger charge is -2.10. The van der Waals surface area contributed by atoms with Crippen molar-refractivity contribution in [3.63, 3.8) is 0 Å². The molecule has 0 aliphatic carbocycles. The van der Waals surface area contributed by atoms with Crippen LogP contribution in [0, 0.1) is 11.8 Å². The Morgan fingerprint density at radius 3 is 2.74 bits per heavy atom. The number of pyridine rings is 1. The van der Waals surface area contributed by atoms with Crippen molar-refractivity contribution in [2.45, 2.75) is 13.1 Å². The van der Waals surface area contributed by atoms with Crippen LogP contribution >= 0.6 is 0 Å². The summed E-state index contributed by atoms with van der Waals surface area (Å²) in [6, 6.07) is 0.854. The fourth-order valence-corrected chi connectivity index (χ4v) is 1.20. The van der Waals surface area contributed by atoms with E-state index >= 15 is 0 Å². The van der Waals surface area contributed by atoms with Gasteiger partial charge in [0.25, 0.3) is 0 Å². The number of aromatic nitrogens is 1. The molecule has 0 saturated carbocycles. The number of alkyl halides is 3. The molecule has 1 heterocycles. The molecule has 4 nitrogen and oxygen atoms in total. The van der Waals surface area contributed by atoms with Gasteiger partial charge in [-0.15, -0.1) is 0 Å². The zero-order valence-electron chi connectivity index (χ0n) is 10.3. The van der Waals surface area contributed by atoms with Gasteiger partial charge in [0.1, 0.15) is 5.56 Å². The Labute approximate surface area is 108 Å². The molecule has 0 spiro atoms. The van der Waals surface area contributed by atoms with Gasteiger partial charge in [-0.2, -0.15) is 13.2 Å². The van der Waals surface area contributed by atoms with E-state index in [2.05, 4.69) is 26.9 Å². The number of ether oxygens (including phenoxy) is 1. The van der Waals surface area contributed by atoms with Crippen molar-refractivity contribution in [2.24, 2.45) is 0 Å². The molecular weight excluding hydrogens is 261 g/mol. The fourth-order valence-electron chi connectivity index (χ4n) is 1.20. The minimum atomic E-state index is -4.56. The van der Waals surface area contributed by atoms with Crippen LogP contribution < -0.4 is 10.1 Å². The van der Waals surface area contributed by atoms with Crippen LogP contribution in [0.3, 0.4) is 0 Å². The van der Waals surface area contributed by atoms with Gasteiger partial charge in [0.15, 0.2) is 0 Å². The van der Waals surface area contributed by atoms with E-state index in [0.717, 1.165) is 13.2 Å². The number of hydrogen-bond donors (Lipinski definition) is 1. The van der Waals surface area contributed by atoms with Crippen LogP contribution in [0.15, 0.2) is 12.3 Å². The Morgan fingerprint density at radius 1 is 1.53 bits per heavy atom. The molecule has 1 aromatic rings. The molecule has 0 aliphatic rings. The Kier molecular flexibility index (Phi) is 4.75. The highest BCUT2D eigenvalue weighted by Gasteiger charge is 2.35. The van der Waals surface area contributed by atoms with Gasteiger partial charge in [0.05, 0.1) is 13.7 Å². The molecule has 0 bridgehead atoms. The van der Waals surface area contributed by atoms with Crippen molar-refractivity contribution < 1.29 is 22.7 Å². The lowest BCUT2D eigenvalue weighted by Crippen LogP contribution is -2.19. The summed E-state index contributed by atoms with van der Waals surface area (Å²) < 4.78 is 42.6. The lowest BCUT2D eigenvalue weighted by atomic mass is 10.2. The van der Waals surface area contributed by atoms with Crippen LogP contribution in [0.2, 0.25) is 0 Å². The zero-order valence-corrected chi connectivity index (χ0v) is 10.3. The summed E-state index contributed by atoms with van der Waals surface area (Å²) in [5, 5.41) is 2.40. The first-order valence-corrected chi connectivity index (χ1v) is 5.19. The summed E-state index contributed by atoms with van der Waals surface area (Å²) in [7, 11) is 1.11. The van der Waals surface area contributed by atoms with Gasteiger partial charge >= 0.3 is 6.18 Å². The molecular formula is C12H11F3N2O2. The third kappa shape index (κ3) is 4.50. The number of halogens is 3. The standard InChI is InChI=1S/C12H11F3N2O2/c1-8(18)16-5-3-4-9-6-10(12(13,14)15)11(19-2)17-7-9/h6-7H,5H2,1-2H3,(H,16,18). The van der Waals surface area contributed by atoms with E-state index in [-0.39, 0.29) is 18.0 Å². The number of nitrogens with one attached hydrogen (secondary N) is 1. The molecule has 0 radical (unpaired) electrons. The molecule has 19 heavy (non-hydrogen) atoms. The number of carbonyl (C=O) groups is 1. The first-order valence-electron chi connectivity index (χ1n) is 5.19. The second-order valence-electron chi connectivity index (χ2n) is 3.49. The van der Waals surface area contributed by atoms with Gasteiger partial charge in [0.2, 0.25) is 11.8 Å². The largest absolute Gasteiger partial charge is 0.481 e. The second-order valence-corrected chi connectivity index (χ2v) is 3.49. The van der Waals surface area contributed by atoms with E-state index in [1.807, 2.05) is 0 Å². The normalized spacial score (nSPS) is 10.4. The second kappa shape index (κ2) is 6.09. The highest BCUT2D eigenvalue weighted by atomic mass is 19.4. The molecule has 0 aliphatic heterocycles. The molecule has 1 N–H and O–H groups in total. The third-order valence-electron chi connectivity index (χ3n) is 2.01. The summed E-state index contributed by atoms with van der Waals surface area (Å²) in [5.41, 5.74) is -0.889. The van der Waals surface area contributed by atoms with E-state index in [1.54, 1.807) is 0 Å². The van der Waals surface area contributed by atoms with Gasteiger partial charge in [-0.25, -0.2) is 4.98 Å². The smallest absolute Gasteiger partial charge is 0.421 e. The minimum absolute atomic E-state index is 0.0582. The summed E-state index contributed by atoms with van der Waals surface area (Å²) in [6.45, 7) is 1.38. The number of methoxy groups -OCH3 is 1. The van der Waals surface area contributed by atoms with Crippen molar-refractivity contribution in [2.75, 3.05) is 13.7 Å². The highest BCUT2D eigenvalue weighted by Crippen LogP contribution is 2.35. The molecule has 1 rings (SSSR count). The maximum Gasteiger partial charge on any atom is 0.421 e. The lowest BCUT2D eigenvalue weighted by molar-refractivity contribution is -0.139. The number of hydrogen-bond acceptors (Lipinski definition) is 3. The Hall–Kier alpha value is -2.23. The maximum absolute atomic E-state index is 12.7. The summed E-state index contributed by atoms with van der Waals surface area (Å²) in [4.78, 5) is 14.1. The van der Waals surface area contributed by atoms with Crippen LogP contribution in [0.5, 0.6) is 5.88 Å². The number of rotatable bonds is 2. The van der Waals surface area contributed by atoms with Crippen molar-refractivity contribution >= 4 is 5.91 Å². The third-order valence-corrected chi connectivity index (χ3v) is 2.01. The van der Waals surface area contributed by atoms with Gasteiger partial charge in [0, 0.05) is 18.7 Å². The first-order chi connectivity index (χ1) is 8.84. The molecule has 0 saturated heterocycles. The maximum atomic E-state index is 12.7. The fraction of sp³-hybridized carbons (Fsp3) is 0.333. The average molecular weight is 272 g/mol. The van der Waals surface area contributed by atoms with Gasteiger partial charge in [-0.3, -0.25) is 4.79 Å². The van der Waals surface area contributed by atoms with Crippen LogP contribution in [0.4, 0.5) is 13.2 Å². The van der Waals surface area contributed by atoms with Crippen molar-refractivity contribution in [1.29, 1.82) is 0 Å². The zero-order chi connectivity index (χ0) is 14.5. The Morgan fingerprint density at radius 2 is 2.21 bits per heavy atom. The molecule has 0 aromatic carbocycles. The Balaban J connectivity index is 2.96. The van der Waals surface area contributed by atoms with E-state index < -0.39 is 17.6 Å². The Bertz CT molecular complexity index is 530.